The minimum atomic E-state index is -0.200. The Morgan fingerprint density at radius 1 is 1.00 bits per heavy atom. The smallest absolute Gasteiger partial charge is 0.411 e. The molecule has 0 radical (unpaired) electrons. The summed E-state index contributed by atoms with van der Waals surface area (Å²) >= 11 is 0. The summed E-state index contributed by atoms with van der Waals surface area (Å²) in [5.74, 6) is 0.606. The van der Waals surface area contributed by atoms with Crippen LogP contribution < -0.4 is 0 Å². The maximum absolute atomic E-state index is 12.6. The number of piperazine rings is 1. The number of hydrogen-bond acceptors (Lipinski definition) is 7. The van der Waals surface area contributed by atoms with Crippen LogP contribution in [0.15, 0.2) is 0 Å². The standard InChI is InChI=1S/C24H42N4O4/c1-19-23(27-16-14-25(15-17-27)18-22(29)31-2)32-24(30)28(19)11-5-6-20-9-12-26(13-10-20)21-7-3-4-8-21/h19-21,23H,3-18H2,1-2H3. The highest BCUT2D eigenvalue weighted by Crippen LogP contribution is 2.30. The van der Waals surface area contributed by atoms with Crippen molar-refractivity contribution in [1.82, 2.24) is 19.6 Å². The maximum Gasteiger partial charge on any atom is 0.411 e. The van der Waals surface area contributed by atoms with Gasteiger partial charge in [0.2, 0.25) is 0 Å². The highest BCUT2D eigenvalue weighted by molar-refractivity contribution is 5.71. The molecule has 32 heavy (non-hydrogen) atoms. The minimum absolute atomic E-state index is 0.0684. The second-order valence-electron chi connectivity index (χ2n) is 10.2. The van der Waals surface area contributed by atoms with E-state index in [2.05, 4.69) is 21.6 Å². The lowest BCUT2D eigenvalue weighted by Gasteiger charge is -2.38. The first-order valence-electron chi connectivity index (χ1n) is 12.8. The first-order valence-corrected chi connectivity index (χ1v) is 12.8. The van der Waals surface area contributed by atoms with Crippen molar-refractivity contribution in [1.29, 1.82) is 0 Å². The average molecular weight is 451 g/mol. The summed E-state index contributed by atoms with van der Waals surface area (Å²) in [7, 11) is 1.42. The summed E-state index contributed by atoms with van der Waals surface area (Å²) in [5.41, 5.74) is 0. The summed E-state index contributed by atoms with van der Waals surface area (Å²) in [6.45, 7) is 8.93. The van der Waals surface area contributed by atoms with Crippen molar-refractivity contribution in [3.63, 3.8) is 0 Å². The van der Waals surface area contributed by atoms with Gasteiger partial charge in [-0.1, -0.05) is 12.8 Å². The zero-order chi connectivity index (χ0) is 22.5. The Labute approximate surface area is 193 Å². The third-order valence-corrected chi connectivity index (χ3v) is 8.21. The molecule has 3 aliphatic heterocycles. The fourth-order valence-corrected chi connectivity index (χ4v) is 6.11. The number of cyclic esters (lactones) is 1. The van der Waals surface area contributed by atoms with E-state index in [1.165, 1.54) is 65.1 Å². The molecule has 0 aromatic rings. The van der Waals surface area contributed by atoms with Crippen LogP contribution in [0, 0.1) is 5.92 Å². The van der Waals surface area contributed by atoms with Gasteiger partial charge in [-0.25, -0.2) is 4.79 Å². The highest BCUT2D eigenvalue weighted by atomic mass is 16.6. The second-order valence-corrected chi connectivity index (χ2v) is 10.2. The quantitative estimate of drug-likeness (QED) is 0.526. The third kappa shape index (κ3) is 5.75. The number of carbonyl (C=O) groups excluding carboxylic acids is 2. The van der Waals surface area contributed by atoms with Gasteiger partial charge in [-0.2, -0.15) is 0 Å². The zero-order valence-electron chi connectivity index (χ0n) is 20.0. The van der Waals surface area contributed by atoms with Crippen molar-refractivity contribution in [2.45, 2.75) is 76.6 Å². The molecule has 4 rings (SSSR count). The number of methoxy groups -OCH3 is 1. The Morgan fingerprint density at radius 3 is 2.34 bits per heavy atom. The van der Waals surface area contributed by atoms with Crippen molar-refractivity contribution in [3.8, 4) is 0 Å². The minimum Gasteiger partial charge on any atom is -0.468 e. The molecule has 3 saturated heterocycles. The molecule has 0 aromatic heterocycles. The lowest BCUT2D eigenvalue weighted by molar-refractivity contribution is -0.142. The second kappa shape index (κ2) is 11.2. The van der Waals surface area contributed by atoms with Crippen LogP contribution in [0.25, 0.3) is 0 Å². The molecule has 2 unspecified atom stereocenters. The number of piperidine rings is 1. The number of esters is 1. The molecule has 1 amide bonds. The van der Waals surface area contributed by atoms with Crippen molar-refractivity contribution < 1.29 is 19.1 Å². The molecule has 3 heterocycles. The van der Waals surface area contributed by atoms with Gasteiger partial charge >= 0.3 is 12.1 Å². The number of likely N-dealkylation sites (tertiary alicyclic amines) is 1. The van der Waals surface area contributed by atoms with Crippen LogP contribution in [0.1, 0.15) is 58.3 Å². The van der Waals surface area contributed by atoms with E-state index in [0.717, 1.165) is 51.1 Å². The molecule has 8 heteroatoms. The first kappa shape index (κ1) is 23.8. The molecule has 0 aromatic carbocycles. The normalized spacial score (nSPS) is 29.6. The number of rotatable bonds is 8. The average Bonchev–Trinajstić information content (AvgIpc) is 3.44. The number of nitrogens with zero attached hydrogens (tertiary/aromatic N) is 4. The van der Waals surface area contributed by atoms with Gasteiger partial charge in [-0.3, -0.25) is 14.6 Å². The summed E-state index contributed by atoms with van der Waals surface area (Å²) in [5, 5.41) is 0. The van der Waals surface area contributed by atoms with Gasteiger partial charge in [-0.05, 0) is 64.5 Å². The van der Waals surface area contributed by atoms with Gasteiger partial charge in [0.1, 0.15) is 0 Å². The summed E-state index contributed by atoms with van der Waals surface area (Å²) in [6, 6.07) is 0.925. The molecule has 182 valence electrons. The van der Waals surface area contributed by atoms with Crippen LogP contribution in [0.5, 0.6) is 0 Å². The van der Waals surface area contributed by atoms with Crippen LogP contribution in [0.2, 0.25) is 0 Å². The van der Waals surface area contributed by atoms with Crippen LogP contribution in [0.4, 0.5) is 4.79 Å². The fraction of sp³-hybridized carbons (Fsp3) is 0.917. The number of hydrogen-bond donors (Lipinski definition) is 0. The van der Waals surface area contributed by atoms with E-state index in [-0.39, 0.29) is 24.3 Å². The van der Waals surface area contributed by atoms with Gasteiger partial charge in [0.15, 0.2) is 6.23 Å². The van der Waals surface area contributed by atoms with Crippen molar-refractivity contribution >= 4 is 12.1 Å². The lowest BCUT2D eigenvalue weighted by atomic mass is 9.91. The van der Waals surface area contributed by atoms with Crippen LogP contribution in [0.3, 0.4) is 0 Å². The van der Waals surface area contributed by atoms with Gasteiger partial charge in [0.05, 0.1) is 19.7 Å². The first-order chi connectivity index (χ1) is 15.5. The number of amides is 1. The van der Waals surface area contributed by atoms with Gasteiger partial charge in [-0.15, -0.1) is 0 Å². The van der Waals surface area contributed by atoms with E-state index in [1.54, 1.807) is 0 Å². The Kier molecular flexibility index (Phi) is 8.29. The Morgan fingerprint density at radius 2 is 1.69 bits per heavy atom. The SMILES string of the molecule is COC(=O)CN1CCN(C2OC(=O)N(CCCC3CCN(C4CCCC4)CC3)C2C)CC1. The molecule has 0 bridgehead atoms. The van der Waals surface area contributed by atoms with Crippen LogP contribution in [-0.4, -0.2) is 109 Å². The van der Waals surface area contributed by atoms with Crippen molar-refractivity contribution in [3.05, 3.63) is 0 Å². The molecule has 8 nitrogen and oxygen atoms in total. The summed E-state index contributed by atoms with van der Waals surface area (Å²) in [4.78, 5) is 33.1. The number of carbonyl (C=O) groups is 2. The largest absolute Gasteiger partial charge is 0.468 e. The molecular formula is C24H42N4O4. The molecular weight excluding hydrogens is 408 g/mol. The molecule has 1 saturated carbocycles. The van der Waals surface area contributed by atoms with Gasteiger partial charge < -0.3 is 19.3 Å². The summed E-state index contributed by atoms with van der Waals surface area (Å²) in [6.07, 6.45) is 10.2. The van der Waals surface area contributed by atoms with Crippen molar-refractivity contribution in [2.75, 3.05) is 59.5 Å². The molecule has 1 aliphatic carbocycles. The van der Waals surface area contributed by atoms with Crippen molar-refractivity contribution in [2.24, 2.45) is 5.92 Å². The van der Waals surface area contributed by atoms with E-state index in [4.69, 9.17) is 9.47 Å². The molecule has 0 N–H and O–H groups in total. The Bertz CT molecular complexity index is 625. The number of ether oxygens (including phenoxy) is 2. The highest BCUT2D eigenvalue weighted by Gasteiger charge is 2.42. The Hall–Kier alpha value is -1.38. The maximum atomic E-state index is 12.6. The zero-order valence-corrected chi connectivity index (χ0v) is 20.0. The van der Waals surface area contributed by atoms with Gasteiger partial charge in [0.25, 0.3) is 0 Å². The molecule has 4 aliphatic rings. The molecule has 4 fully saturated rings. The van der Waals surface area contributed by atoms with Crippen LogP contribution >= 0.6 is 0 Å². The van der Waals surface area contributed by atoms with E-state index < -0.39 is 0 Å². The topological polar surface area (TPSA) is 65.6 Å². The monoisotopic (exact) mass is 450 g/mol. The van der Waals surface area contributed by atoms with E-state index in [1.807, 2.05) is 4.90 Å². The van der Waals surface area contributed by atoms with E-state index in [9.17, 15) is 9.59 Å². The summed E-state index contributed by atoms with van der Waals surface area (Å²) < 4.78 is 10.5. The lowest BCUT2D eigenvalue weighted by Crippen LogP contribution is -2.54. The predicted octanol–water partition coefficient (Wildman–Crippen LogP) is 2.38. The third-order valence-electron chi connectivity index (χ3n) is 8.21. The molecule has 0 spiro atoms. The Balaban J connectivity index is 1.15. The van der Waals surface area contributed by atoms with E-state index in [0.29, 0.717) is 6.54 Å². The van der Waals surface area contributed by atoms with Gasteiger partial charge in [0, 0.05) is 38.8 Å². The predicted molar refractivity (Wildman–Crippen MR) is 122 cm³/mol. The van der Waals surface area contributed by atoms with E-state index >= 15 is 0 Å². The van der Waals surface area contributed by atoms with Crippen LogP contribution in [-0.2, 0) is 14.3 Å². The molecule has 2 atom stereocenters. The fourth-order valence-electron chi connectivity index (χ4n) is 6.11.